The highest BCUT2D eigenvalue weighted by atomic mass is 32.2. The highest BCUT2D eigenvalue weighted by Crippen LogP contribution is 2.30. The molecule has 2 heterocycles. The number of nitrogens with zero attached hydrogens (tertiary/aromatic N) is 4. The molecule has 142 valence electrons. The Kier molecular flexibility index (Phi) is 5.22. The number of ether oxygens (including phenoxy) is 1. The summed E-state index contributed by atoms with van der Waals surface area (Å²) >= 11 is 0.919. The topological polar surface area (TPSA) is 81.4 Å². The molecule has 1 amide bonds. The lowest BCUT2D eigenvalue weighted by Gasteiger charge is -2.08. The van der Waals surface area contributed by atoms with Crippen molar-refractivity contribution in [1.29, 1.82) is 0 Å². The van der Waals surface area contributed by atoms with Crippen LogP contribution in [0.25, 0.3) is 5.78 Å². The first-order chi connectivity index (χ1) is 12.8. The minimum Gasteiger partial charge on any atom is -0.497 e. The van der Waals surface area contributed by atoms with Gasteiger partial charge in [-0.1, -0.05) is 11.8 Å². The van der Waals surface area contributed by atoms with E-state index in [4.69, 9.17) is 4.74 Å². The molecule has 0 radical (unpaired) electrons. The van der Waals surface area contributed by atoms with E-state index in [1.165, 1.54) is 14.0 Å². The van der Waals surface area contributed by atoms with Gasteiger partial charge in [-0.15, -0.1) is 5.10 Å². The van der Waals surface area contributed by atoms with Crippen LogP contribution >= 0.6 is 11.8 Å². The molecule has 0 aliphatic carbocycles. The number of alkyl halides is 3. The average molecular weight is 397 g/mol. The van der Waals surface area contributed by atoms with E-state index >= 15 is 0 Å². The van der Waals surface area contributed by atoms with Gasteiger partial charge in [-0.2, -0.15) is 22.7 Å². The van der Waals surface area contributed by atoms with Crippen LogP contribution in [0.1, 0.15) is 11.4 Å². The van der Waals surface area contributed by atoms with Crippen molar-refractivity contribution < 1.29 is 22.7 Å². The van der Waals surface area contributed by atoms with Gasteiger partial charge in [0.15, 0.2) is 5.69 Å². The van der Waals surface area contributed by atoms with E-state index in [0.29, 0.717) is 16.0 Å². The quantitative estimate of drug-likeness (QED) is 0.666. The summed E-state index contributed by atoms with van der Waals surface area (Å²) in [6, 6.07) is 7.63. The molecule has 0 atom stereocenters. The first kappa shape index (κ1) is 19.0. The van der Waals surface area contributed by atoms with Gasteiger partial charge < -0.3 is 10.1 Å². The van der Waals surface area contributed by atoms with Gasteiger partial charge in [0.1, 0.15) is 5.75 Å². The maximum atomic E-state index is 13.1. The lowest BCUT2D eigenvalue weighted by molar-refractivity contribution is -0.142. The predicted octanol–water partition coefficient (Wildman–Crippen LogP) is 3.19. The Balaban J connectivity index is 1.70. The fraction of sp³-hybridized carbons (Fsp3) is 0.250. The van der Waals surface area contributed by atoms with E-state index in [-0.39, 0.29) is 28.3 Å². The zero-order valence-electron chi connectivity index (χ0n) is 14.2. The maximum absolute atomic E-state index is 13.1. The minimum atomic E-state index is -4.59. The van der Waals surface area contributed by atoms with E-state index in [0.717, 1.165) is 17.8 Å². The molecule has 0 bridgehead atoms. The van der Waals surface area contributed by atoms with Gasteiger partial charge in [-0.05, 0) is 37.3 Å². The van der Waals surface area contributed by atoms with Gasteiger partial charge in [0.2, 0.25) is 11.1 Å². The zero-order chi connectivity index (χ0) is 19.6. The number of benzene rings is 1. The molecular weight excluding hydrogens is 383 g/mol. The number of rotatable bonds is 5. The number of anilines is 1. The number of amides is 1. The number of nitrogens with one attached hydrogen (secondary N) is 1. The zero-order valence-corrected chi connectivity index (χ0v) is 15.1. The van der Waals surface area contributed by atoms with Crippen molar-refractivity contribution in [2.24, 2.45) is 0 Å². The summed E-state index contributed by atoms with van der Waals surface area (Å²) in [4.78, 5) is 19.9. The molecule has 7 nitrogen and oxygen atoms in total. The van der Waals surface area contributed by atoms with Gasteiger partial charge in [-0.25, -0.2) is 4.98 Å². The van der Waals surface area contributed by atoms with Crippen LogP contribution in [0.3, 0.4) is 0 Å². The highest BCUT2D eigenvalue weighted by molar-refractivity contribution is 7.99. The number of aromatic nitrogens is 4. The highest BCUT2D eigenvalue weighted by Gasteiger charge is 2.35. The van der Waals surface area contributed by atoms with E-state index in [9.17, 15) is 18.0 Å². The number of thioether (sulfide) groups is 1. The monoisotopic (exact) mass is 397 g/mol. The van der Waals surface area contributed by atoms with Gasteiger partial charge in [0, 0.05) is 11.4 Å². The molecule has 3 rings (SSSR count). The molecule has 0 saturated carbocycles. The van der Waals surface area contributed by atoms with Crippen molar-refractivity contribution in [3.05, 3.63) is 41.7 Å². The minimum absolute atomic E-state index is 0.0310. The molecule has 0 unspecified atom stereocenters. The van der Waals surface area contributed by atoms with Crippen LogP contribution in [0.5, 0.6) is 5.75 Å². The molecule has 3 aromatic rings. The number of hydrogen-bond donors (Lipinski definition) is 1. The van der Waals surface area contributed by atoms with Crippen LogP contribution < -0.4 is 10.1 Å². The summed E-state index contributed by atoms with van der Waals surface area (Å²) in [6.07, 6.45) is -4.59. The third-order valence-corrected chi connectivity index (χ3v) is 4.26. The molecule has 0 spiro atoms. The normalized spacial score (nSPS) is 11.6. The van der Waals surface area contributed by atoms with Crippen LogP contribution in [-0.4, -0.2) is 38.4 Å². The summed E-state index contributed by atoms with van der Waals surface area (Å²) < 4.78 is 45.0. The number of fused-ring (bicyclic) bond motifs is 1. The van der Waals surface area contributed by atoms with Crippen LogP contribution in [0.4, 0.5) is 18.9 Å². The van der Waals surface area contributed by atoms with Crippen molar-refractivity contribution in [3.8, 4) is 5.75 Å². The van der Waals surface area contributed by atoms with E-state index in [1.807, 2.05) is 0 Å². The standard InChI is InChI=1S/C16H14F3N5O2S/c1-9-7-12(16(17,18)19)24-14(20-9)22-15(23-24)27-8-13(25)21-10-3-5-11(26-2)6-4-10/h3-7H,8H2,1-2H3,(H,21,25). The largest absolute Gasteiger partial charge is 0.497 e. The lowest BCUT2D eigenvalue weighted by Crippen LogP contribution is -2.14. The Labute approximate surface area is 156 Å². The fourth-order valence-corrected chi connectivity index (χ4v) is 2.85. The van der Waals surface area contributed by atoms with Crippen LogP contribution in [-0.2, 0) is 11.0 Å². The van der Waals surface area contributed by atoms with E-state index in [2.05, 4.69) is 20.4 Å². The van der Waals surface area contributed by atoms with Crippen LogP contribution in [0, 0.1) is 6.92 Å². The summed E-state index contributed by atoms with van der Waals surface area (Å²) in [7, 11) is 1.53. The van der Waals surface area contributed by atoms with Crippen molar-refractivity contribution in [2.75, 3.05) is 18.2 Å². The fourth-order valence-electron chi connectivity index (χ4n) is 2.23. The maximum Gasteiger partial charge on any atom is 0.433 e. The number of aryl methyl sites for hydroxylation is 1. The Morgan fingerprint density at radius 1 is 1.26 bits per heavy atom. The third-order valence-electron chi connectivity index (χ3n) is 3.42. The van der Waals surface area contributed by atoms with Crippen molar-refractivity contribution in [3.63, 3.8) is 0 Å². The third kappa shape index (κ3) is 4.48. The Morgan fingerprint density at radius 2 is 1.96 bits per heavy atom. The summed E-state index contributed by atoms with van der Waals surface area (Å²) in [5.41, 5.74) is -0.218. The molecule has 11 heteroatoms. The van der Waals surface area contributed by atoms with Crippen molar-refractivity contribution in [1.82, 2.24) is 19.6 Å². The van der Waals surface area contributed by atoms with E-state index in [1.54, 1.807) is 24.3 Å². The first-order valence-corrected chi connectivity index (χ1v) is 8.63. The molecule has 1 aromatic carbocycles. The Hall–Kier alpha value is -2.82. The SMILES string of the molecule is COc1ccc(NC(=O)CSc2nc3nc(C)cc(C(F)(F)F)n3n2)cc1. The van der Waals surface area contributed by atoms with Gasteiger partial charge in [0.25, 0.3) is 5.78 Å². The smallest absolute Gasteiger partial charge is 0.433 e. The second kappa shape index (κ2) is 7.43. The molecule has 0 aliphatic heterocycles. The van der Waals surface area contributed by atoms with E-state index < -0.39 is 11.9 Å². The Morgan fingerprint density at radius 3 is 2.59 bits per heavy atom. The molecular formula is C16H14F3N5O2S. The predicted molar refractivity (Wildman–Crippen MR) is 92.9 cm³/mol. The van der Waals surface area contributed by atoms with Gasteiger partial charge in [-0.3, -0.25) is 4.79 Å². The summed E-state index contributed by atoms with van der Waals surface area (Å²) in [6.45, 7) is 1.44. The molecule has 0 saturated heterocycles. The average Bonchev–Trinajstić information content (AvgIpc) is 3.01. The number of halogens is 3. The number of carbonyl (C=O) groups is 1. The summed E-state index contributed by atoms with van der Waals surface area (Å²) in [5, 5.41) is 6.51. The first-order valence-electron chi connectivity index (χ1n) is 7.64. The molecule has 0 aliphatic rings. The van der Waals surface area contributed by atoms with Crippen molar-refractivity contribution in [2.45, 2.75) is 18.3 Å². The second-order valence-electron chi connectivity index (χ2n) is 5.45. The summed E-state index contributed by atoms with van der Waals surface area (Å²) in [5.74, 6) is 0.0765. The lowest BCUT2D eigenvalue weighted by atomic mass is 10.3. The van der Waals surface area contributed by atoms with Crippen molar-refractivity contribution >= 4 is 29.1 Å². The molecule has 1 N–H and O–H groups in total. The number of carbonyl (C=O) groups excluding carboxylic acids is 1. The number of methoxy groups -OCH3 is 1. The number of hydrogen-bond acceptors (Lipinski definition) is 6. The van der Waals surface area contributed by atoms with Crippen LogP contribution in [0.2, 0.25) is 0 Å². The molecule has 2 aromatic heterocycles. The Bertz CT molecular complexity index is 973. The van der Waals surface area contributed by atoms with Crippen LogP contribution in [0.15, 0.2) is 35.5 Å². The van der Waals surface area contributed by atoms with Gasteiger partial charge >= 0.3 is 6.18 Å². The molecule has 0 fully saturated rings. The van der Waals surface area contributed by atoms with Gasteiger partial charge in [0.05, 0.1) is 12.9 Å². The second-order valence-corrected chi connectivity index (χ2v) is 6.39. The molecule has 27 heavy (non-hydrogen) atoms.